The first kappa shape index (κ1) is 27.7. The number of aryl methyl sites for hydroxylation is 1. The van der Waals surface area contributed by atoms with Crippen LogP contribution in [0.3, 0.4) is 0 Å². The average molecular weight is 550 g/mol. The van der Waals surface area contributed by atoms with Gasteiger partial charge in [-0.25, -0.2) is 9.78 Å². The first-order chi connectivity index (χ1) is 18.6. The molecule has 1 aromatic heterocycles. The highest BCUT2D eigenvalue weighted by molar-refractivity contribution is 6.31. The van der Waals surface area contributed by atoms with E-state index in [0.717, 1.165) is 16.9 Å². The number of benzene rings is 3. The van der Waals surface area contributed by atoms with Crippen molar-refractivity contribution in [3.8, 4) is 28.6 Å². The fraction of sp³-hybridized carbons (Fsp3) is 0.241. The van der Waals surface area contributed by atoms with E-state index in [0.29, 0.717) is 32.9 Å². The summed E-state index contributed by atoms with van der Waals surface area (Å²) in [5.41, 5.74) is 2.99. The van der Waals surface area contributed by atoms with Crippen LogP contribution in [-0.2, 0) is 4.79 Å². The minimum Gasteiger partial charge on any atom is -0.496 e. The van der Waals surface area contributed by atoms with Crippen molar-refractivity contribution in [1.29, 1.82) is 0 Å². The van der Waals surface area contributed by atoms with E-state index in [2.05, 4.69) is 18.9 Å². The van der Waals surface area contributed by atoms with Gasteiger partial charge in [0.05, 0.1) is 31.3 Å². The molecule has 0 spiro atoms. The predicted molar refractivity (Wildman–Crippen MR) is 151 cm³/mol. The van der Waals surface area contributed by atoms with E-state index >= 15 is 0 Å². The third-order valence-corrected chi connectivity index (χ3v) is 6.33. The SMILES string of the molecule is COc1cc(C)c(-c2nc3ccccc3c(=O)n2N=Cc2cc(Cl)cc(OC)c2OCC(=O)O)cc1C(C)C. The van der Waals surface area contributed by atoms with Gasteiger partial charge < -0.3 is 19.3 Å². The summed E-state index contributed by atoms with van der Waals surface area (Å²) >= 11 is 6.27. The monoisotopic (exact) mass is 549 g/mol. The van der Waals surface area contributed by atoms with E-state index in [1.165, 1.54) is 24.1 Å². The molecular formula is C29H28ClN3O6. The summed E-state index contributed by atoms with van der Waals surface area (Å²) in [6.45, 7) is 5.42. The Morgan fingerprint density at radius 1 is 1.13 bits per heavy atom. The molecule has 0 amide bonds. The summed E-state index contributed by atoms with van der Waals surface area (Å²) in [7, 11) is 3.03. The lowest BCUT2D eigenvalue weighted by Gasteiger charge is -2.17. The Balaban J connectivity index is 1.98. The quantitative estimate of drug-likeness (QED) is 0.274. The molecule has 1 heterocycles. The maximum atomic E-state index is 13.7. The van der Waals surface area contributed by atoms with Crippen molar-refractivity contribution in [2.75, 3.05) is 20.8 Å². The van der Waals surface area contributed by atoms with Crippen LogP contribution >= 0.6 is 11.6 Å². The molecule has 0 aliphatic heterocycles. The second kappa shape index (κ2) is 11.6. The van der Waals surface area contributed by atoms with Gasteiger partial charge in [-0.15, -0.1) is 0 Å². The normalized spacial score (nSPS) is 11.4. The van der Waals surface area contributed by atoms with Crippen LogP contribution in [0.2, 0.25) is 5.02 Å². The van der Waals surface area contributed by atoms with Gasteiger partial charge in [0, 0.05) is 22.2 Å². The van der Waals surface area contributed by atoms with Crippen LogP contribution in [0, 0.1) is 6.92 Å². The Morgan fingerprint density at radius 2 is 1.85 bits per heavy atom. The van der Waals surface area contributed by atoms with E-state index in [1.807, 2.05) is 25.1 Å². The average Bonchev–Trinajstić information content (AvgIpc) is 2.91. The fourth-order valence-corrected chi connectivity index (χ4v) is 4.43. The molecule has 0 aliphatic rings. The van der Waals surface area contributed by atoms with Gasteiger partial charge in [-0.2, -0.15) is 9.78 Å². The van der Waals surface area contributed by atoms with Crippen molar-refractivity contribution in [1.82, 2.24) is 9.66 Å². The fourth-order valence-electron chi connectivity index (χ4n) is 4.22. The largest absolute Gasteiger partial charge is 0.496 e. The van der Waals surface area contributed by atoms with Crippen molar-refractivity contribution in [3.63, 3.8) is 0 Å². The summed E-state index contributed by atoms with van der Waals surface area (Å²) in [4.78, 5) is 29.7. The number of hydrogen-bond donors (Lipinski definition) is 1. The van der Waals surface area contributed by atoms with E-state index < -0.39 is 12.6 Å². The van der Waals surface area contributed by atoms with Gasteiger partial charge >= 0.3 is 5.97 Å². The number of ether oxygens (including phenoxy) is 3. The molecular weight excluding hydrogens is 522 g/mol. The molecule has 0 atom stereocenters. The number of aromatic nitrogens is 2. The van der Waals surface area contributed by atoms with Crippen LogP contribution in [0.5, 0.6) is 17.2 Å². The number of halogens is 1. The Kier molecular flexibility index (Phi) is 8.21. The minimum absolute atomic E-state index is 0.124. The van der Waals surface area contributed by atoms with Crippen molar-refractivity contribution < 1.29 is 24.1 Å². The zero-order valence-corrected chi connectivity index (χ0v) is 22.9. The predicted octanol–water partition coefficient (Wildman–Crippen LogP) is 5.51. The van der Waals surface area contributed by atoms with Crippen molar-refractivity contribution in [3.05, 3.63) is 80.6 Å². The Bertz CT molecular complexity index is 1640. The molecule has 0 unspecified atom stereocenters. The second-order valence-corrected chi connectivity index (χ2v) is 9.52. The first-order valence-corrected chi connectivity index (χ1v) is 12.5. The van der Waals surface area contributed by atoms with Gasteiger partial charge in [0.15, 0.2) is 23.9 Å². The molecule has 0 aliphatic carbocycles. The highest BCUT2D eigenvalue weighted by Crippen LogP contribution is 2.35. The third kappa shape index (κ3) is 5.73. The molecule has 39 heavy (non-hydrogen) atoms. The van der Waals surface area contributed by atoms with E-state index in [1.54, 1.807) is 31.4 Å². The zero-order chi connectivity index (χ0) is 28.3. The molecule has 202 valence electrons. The second-order valence-electron chi connectivity index (χ2n) is 9.09. The summed E-state index contributed by atoms with van der Waals surface area (Å²) < 4.78 is 17.6. The van der Waals surface area contributed by atoms with Gasteiger partial charge in [-0.3, -0.25) is 4.79 Å². The molecule has 3 aromatic carbocycles. The van der Waals surface area contributed by atoms with Crippen LogP contribution in [0.1, 0.15) is 36.5 Å². The maximum absolute atomic E-state index is 13.7. The molecule has 0 saturated heterocycles. The Labute approximate surface area is 230 Å². The van der Waals surface area contributed by atoms with Crippen LogP contribution in [0.15, 0.2) is 58.4 Å². The molecule has 0 radical (unpaired) electrons. The topological polar surface area (TPSA) is 112 Å². The van der Waals surface area contributed by atoms with E-state index in [9.17, 15) is 9.59 Å². The number of para-hydroxylation sites is 1. The number of carboxylic acids is 1. The maximum Gasteiger partial charge on any atom is 0.341 e. The number of methoxy groups -OCH3 is 2. The Morgan fingerprint density at radius 3 is 2.51 bits per heavy atom. The lowest BCUT2D eigenvalue weighted by atomic mass is 9.96. The molecule has 0 saturated carbocycles. The van der Waals surface area contributed by atoms with Gasteiger partial charge in [-0.05, 0) is 54.3 Å². The number of carbonyl (C=O) groups is 1. The molecule has 0 bridgehead atoms. The number of carboxylic acid groups (broad SMARTS) is 1. The van der Waals surface area contributed by atoms with Crippen LogP contribution in [-0.4, -0.2) is 47.8 Å². The van der Waals surface area contributed by atoms with E-state index in [4.69, 9.17) is 35.9 Å². The molecule has 0 fully saturated rings. The molecule has 4 aromatic rings. The lowest BCUT2D eigenvalue weighted by molar-refractivity contribution is -0.139. The summed E-state index contributed by atoms with van der Waals surface area (Å²) in [6, 6.07) is 14.0. The molecule has 1 N–H and O–H groups in total. The van der Waals surface area contributed by atoms with Crippen LogP contribution in [0.25, 0.3) is 22.3 Å². The van der Waals surface area contributed by atoms with Gasteiger partial charge in [0.1, 0.15) is 5.75 Å². The van der Waals surface area contributed by atoms with Crippen molar-refractivity contribution in [2.45, 2.75) is 26.7 Å². The summed E-state index contributed by atoms with van der Waals surface area (Å²) in [6.07, 6.45) is 1.37. The summed E-state index contributed by atoms with van der Waals surface area (Å²) in [5.74, 6) is 0.412. The van der Waals surface area contributed by atoms with Crippen molar-refractivity contribution in [2.24, 2.45) is 5.10 Å². The third-order valence-electron chi connectivity index (χ3n) is 6.11. The number of nitrogens with zero attached hydrogens (tertiary/aromatic N) is 3. The highest BCUT2D eigenvalue weighted by Gasteiger charge is 2.19. The van der Waals surface area contributed by atoms with E-state index in [-0.39, 0.29) is 23.0 Å². The number of fused-ring (bicyclic) bond motifs is 1. The van der Waals surface area contributed by atoms with Crippen LogP contribution in [0.4, 0.5) is 0 Å². The molecule has 10 heteroatoms. The molecule has 9 nitrogen and oxygen atoms in total. The van der Waals surface area contributed by atoms with Crippen molar-refractivity contribution >= 4 is 34.7 Å². The number of aliphatic carboxylic acids is 1. The smallest absolute Gasteiger partial charge is 0.341 e. The number of rotatable bonds is 9. The van der Waals surface area contributed by atoms with Gasteiger partial charge in [-0.1, -0.05) is 37.6 Å². The van der Waals surface area contributed by atoms with Gasteiger partial charge in [0.2, 0.25) is 0 Å². The standard InChI is InChI=1S/C29H28ClN3O6/c1-16(2)21-13-22(17(3)10-24(21)37-4)28-32-23-9-7-6-8-20(23)29(36)33(28)31-14-18-11-19(30)12-25(38-5)27(18)39-15-26(34)35/h6-14,16H,15H2,1-5H3,(H,34,35). The molecule has 4 rings (SSSR count). The Hall–Kier alpha value is -4.37. The van der Waals surface area contributed by atoms with Gasteiger partial charge in [0.25, 0.3) is 5.56 Å². The lowest BCUT2D eigenvalue weighted by Crippen LogP contribution is -2.21. The summed E-state index contributed by atoms with van der Waals surface area (Å²) in [5, 5.41) is 14.3. The first-order valence-electron chi connectivity index (χ1n) is 12.1. The highest BCUT2D eigenvalue weighted by atomic mass is 35.5. The van der Waals surface area contributed by atoms with Crippen LogP contribution < -0.4 is 19.8 Å². The minimum atomic E-state index is -1.16. The zero-order valence-electron chi connectivity index (χ0n) is 22.2. The number of hydrogen-bond acceptors (Lipinski definition) is 7.